The average molecular weight is 352 g/mol. The Morgan fingerprint density at radius 3 is 2.38 bits per heavy atom. The maximum Gasteiger partial charge on any atom is 0.292 e. The van der Waals surface area contributed by atoms with Crippen molar-refractivity contribution in [1.29, 1.82) is 0 Å². The van der Waals surface area contributed by atoms with Crippen LogP contribution in [0.15, 0.2) is 42.4 Å². The van der Waals surface area contributed by atoms with Crippen molar-refractivity contribution >= 4 is 15.9 Å². The number of benzene rings is 1. The molecule has 1 fully saturated rings. The smallest absolute Gasteiger partial charge is 0.292 e. The molecule has 2 aliphatic rings. The van der Waals surface area contributed by atoms with E-state index in [0.29, 0.717) is 26.3 Å². The average Bonchev–Trinajstić information content (AvgIpc) is 2.62. The second-order valence-corrected chi connectivity index (χ2v) is 7.60. The first kappa shape index (κ1) is 16.8. The van der Waals surface area contributed by atoms with Crippen molar-refractivity contribution in [2.45, 2.75) is 5.75 Å². The Hall–Kier alpha value is -2.06. The van der Waals surface area contributed by atoms with Crippen LogP contribution in [-0.2, 0) is 30.0 Å². The number of ether oxygens (including phenoxy) is 2. The molecule has 24 heavy (non-hydrogen) atoms. The van der Waals surface area contributed by atoms with Crippen LogP contribution in [0.2, 0.25) is 0 Å². The van der Waals surface area contributed by atoms with Crippen molar-refractivity contribution in [1.82, 2.24) is 9.21 Å². The third kappa shape index (κ3) is 3.88. The van der Waals surface area contributed by atoms with Crippen molar-refractivity contribution < 1.29 is 22.7 Å². The summed E-state index contributed by atoms with van der Waals surface area (Å²) in [5, 5.41) is 0. The maximum absolute atomic E-state index is 12.5. The molecule has 0 aromatic heterocycles. The molecule has 3 rings (SSSR count). The third-order valence-electron chi connectivity index (χ3n) is 3.97. The van der Waals surface area contributed by atoms with Gasteiger partial charge in [0.15, 0.2) is 0 Å². The largest absolute Gasteiger partial charge is 0.494 e. The SMILES string of the molecule is O=C(C1=COCCO1)N1CCN(S(=O)(=O)Cc2ccccc2)CC1. The highest BCUT2D eigenvalue weighted by Gasteiger charge is 2.31. The van der Waals surface area contributed by atoms with Crippen LogP contribution < -0.4 is 0 Å². The fourth-order valence-corrected chi connectivity index (χ4v) is 4.20. The van der Waals surface area contributed by atoms with E-state index in [-0.39, 0.29) is 30.5 Å². The van der Waals surface area contributed by atoms with Gasteiger partial charge in [0.2, 0.25) is 15.8 Å². The summed E-state index contributed by atoms with van der Waals surface area (Å²) in [6.07, 6.45) is 1.32. The van der Waals surface area contributed by atoms with E-state index in [1.807, 2.05) is 18.2 Å². The second kappa shape index (κ2) is 7.23. The zero-order valence-corrected chi connectivity index (χ0v) is 14.1. The van der Waals surface area contributed by atoms with Crippen molar-refractivity contribution in [3.63, 3.8) is 0 Å². The van der Waals surface area contributed by atoms with Crippen LogP contribution >= 0.6 is 0 Å². The summed E-state index contributed by atoms with van der Waals surface area (Å²) in [4.78, 5) is 13.9. The Balaban J connectivity index is 1.58. The molecule has 130 valence electrons. The van der Waals surface area contributed by atoms with E-state index < -0.39 is 10.0 Å². The van der Waals surface area contributed by atoms with Gasteiger partial charge in [-0.3, -0.25) is 4.79 Å². The zero-order chi connectivity index (χ0) is 17.0. The molecular weight excluding hydrogens is 332 g/mol. The molecule has 8 heteroatoms. The lowest BCUT2D eigenvalue weighted by Crippen LogP contribution is -2.51. The molecule has 0 unspecified atom stereocenters. The standard InChI is InChI=1S/C16H20N2O5S/c19-16(15-12-22-10-11-23-15)17-6-8-18(9-7-17)24(20,21)13-14-4-2-1-3-5-14/h1-5,12H,6-11,13H2. The molecule has 2 aliphatic heterocycles. The van der Waals surface area contributed by atoms with Gasteiger partial charge in [-0.25, -0.2) is 8.42 Å². The quantitative estimate of drug-likeness (QED) is 0.791. The molecule has 1 amide bonds. The zero-order valence-electron chi connectivity index (χ0n) is 13.3. The Labute approximate surface area is 141 Å². The summed E-state index contributed by atoms with van der Waals surface area (Å²) in [6.45, 7) is 2.04. The minimum absolute atomic E-state index is 0.0239. The van der Waals surface area contributed by atoms with Crippen LogP contribution in [0.25, 0.3) is 0 Å². The normalized spacial score (nSPS) is 19.2. The van der Waals surface area contributed by atoms with Gasteiger partial charge < -0.3 is 14.4 Å². The first-order chi connectivity index (χ1) is 11.6. The van der Waals surface area contributed by atoms with Gasteiger partial charge in [-0.05, 0) is 5.56 Å². The highest BCUT2D eigenvalue weighted by Crippen LogP contribution is 2.16. The third-order valence-corrected chi connectivity index (χ3v) is 5.82. The Bertz CT molecular complexity index is 709. The number of sulfonamides is 1. The summed E-state index contributed by atoms with van der Waals surface area (Å²) in [7, 11) is -3.39. The summed E-state index contributed by atoms with van der Waals surface area (Å²) in [6, 6.07) is 9.09. The lowest BCUT2D eigenvalue weighted by molar-refractivity contribution is -0.133. The molecule has 0 atom stereocenters. The molecule has 1 saturated heterocycles. The van der Waals surface area contributed by atoms with Gasteiger partial charge >= 0.3 is 0 Å². The van der Waals surface area contributed by atoms with Crippen LogP contribution in [-0.4, -0.2) is 62.9 Å². The molecular formula is C16H20N2O5S. The van der Waals surface area contributed by atoms with Gasteiger partial charge in [0.05, 0.1) is 5.75 Å². The Kier molecular flexibility index (Phi) is 5.06. The molecule has 0 radical (unpaired) electrons. The van der Waals surface area contributed by atoms with E-state index >= 15 is 0 Å². The molecule has 1 aromatic carbocycles. The van der Waals surface area contributed by atoms with Crippen molar-refractivity contribution in [3.05, 3.63) is 47.9 Å². The number of piperazine rings is 1. The van der Waals surface area contributed by atoms with Crippen LogP contribution in [0.4, 0.5) is 0 Å². The molecule has 0 N–H and O–H groups in total. The van der Waals surface area contributed by atoms with Crippen molar-refractivity contribution in [3.8, 4) is 0 Å². The number of amides is 1. The van der Waals surface area contributed by atoms with Crippen molar-refractivity contribution in [2.75, 3.05) is 39.4 Å². The number of nitrogens with zero attached hydrogens (tertiary/aromatic N) is 2. The first-order valence-electron chi connectivity index (χ1n) is 7.82. The van der Waals surface area contributed by atoms with E-state index in [2.05, 4.69) is 0 Å². The number of carbonyl (C=O) groups is 1. The van der Waals surface area contributed by atoms with Crippen LogP contribution in [0.1, 0.15) is 5.56 Å². The van der Waals surface area contributed by atoms with Crippen LogP contribution in [0, 0.1) is 0 Å². The van der Waals surface area contributed by atoms with E-state index in [1.165, 1.54) is 10.6 Å². The van der Waals surface area contributed by atoms with Gasteiger partial charge in [0.25, 0.3) is 5.91 Å². The fraction of sp³-hybridized carbons (Fsp3) is 0.438. The van der Waals surface area contributed by atoms with Crippen LogP contribution in [0.3, 0.4) is 0 Å². The predicted molar refractivity (Wildman–Crippen MR) is 87.2 cm³/mol. The lowest BCUT2D eigenvalue weighted by atomic mass is 10.2. The van der Waals surface area contributed by atoms with Crippen molar-refractivity contribution in [2.24, 2.45) is 0 Å². The molecule has 0 saturated carbocycles. The molecule has 2 heterocycles. The highest BCUT2D eigenvalue weighted by atomic mass is 32.2. The first-order valence-corrected chi connectivity index (χ1v) is 9.43. The Morgan fingerprint density at radius 2 is 1.75 bits per heavy atom. The summed E-state index contributed by atoms with van der Waals surface area (Å²) in [5.41, 5.74) is 0.758. The van der Waals surface area contributed by atoms with Gasteiger partial charge in [-0.15, -0.1) is 0 Å². The summed E-state index contributed by atoms with van der Waals surface area (Å²) in [5.74, 6) is -0.0965. The van der Waals surface area contributed by atoms with E-state index in [4.69, 9.17) is 9.47 Å². The molecule has 1 aromatic rings. The van der Waals surface area contributed by atoms with Gasteiger partial charge in [-0.2, -0.15) is 4.31 Å². The topological polar surface area (TPSA) is 76.2 Å². The van der Waals surface area contributed by atoms with E-state index in [1.54, 1.807) is 17.0 Å². The van der Waals surface area contributed by atoms with Crippen LogP contribution in [0.5, 0.6) is 0 Å². The molecule has 0 spiro atoms. The number of hydrogen-bond acceptors (Lipinski definition) is 5. The maximum atomic E-state index is 12.5. The van der Waals surface area contributed by atoms with E-state index in [0.717, 1.165) is 5.56 Å². The van der Waals surface area contributed by atoms with Gasteiger partial charge in [0, 0.05) is 26.2 Å². The minimum atomic E-state index is -3.39. The molecule has 0 bridgehead atoms. The monoisotopic (exact) mass is 352 g/mol. The summed E-state index contributed by atoms with van der Waals surface area (Å²) < 4.78 is 36.8. The van der Waals surface area contributed by atoms with E-state index in [9.17, 15) is 13.2 Å². The number of rotatable bonds is 4. The second-order valence-electron chi connectivity index (χ2n) is 5.63. The number of hydrogen-bond donors (Lipinski definition) is 0. The highest BCUT2D eigenvalue weighted by molar-refractivity contribution is 7.88. The Morgan fingerprint density at radius 1 is 1.04 bits per heavy atom. The minimum Gasteiger partial charge on any atom is -0.494 e. The lowest BCUT2D eigenvalue weighted by Gasteiger charge is -2.34. The number of carbonyl (C=O) groups excluding carboxylic acids is 1. The van der Waals surface area contributed by atoms with Gasteiger partial charge in [-0.1, -0.05) is 30.3 Å². The molecule has 0 aliphatic carbocycles. The fourth-order valence-electron chi connectivity index (χ4n) is 2.68. The predicted octanol–water partition coefficient (Wildman–Crippen LogP) is 0.549. The van der Waals surface area contributed by atoms with Gasteiger partial charge in [0.1, 0.15) is 19.5 Å². The summed E-state index contributed by atoms with van der Waals surface area (Å²) >= 11 is 0. The molecule has 7 nitrogen and oxygen atoms in total.